The molecule has 9 heteroatoms. The van der Waals surface area contributed by atoms with Crippen molar-refractivity contribution in [3.8, 4) is 0 Å². The average Bonchev–Trinajstić information content (AvgIpc) is 2.92. The number of nitrogens with one attached hydrogen (secondary N) is 1. The summed E-state index contributed by atoms with van der Waals surface area (Å²) in [4.78, 5) is 14.4. The highest BCUT2D eigenvalue weighted by atomic mass is 32.2. The van der Waals surface area contributed by atoms with Gasteiger partial charge in [0.2, 0.25) is 5.91 Å². The summed E-state index contributed by atoms with van der Waals surface area (Å²) >= 11 is 0. The van der Waals surface area contributed by atoms with Gasteiger partial charge in [-0.15, -0.1) is 0 Å². The number of morpholine rings is 1. The van der Waals surface area contributed by atoms with Crippen LogP contribution in [-0.4, -0.2) is 92.4 Å². The van der Waals surface area contributed by atoms with Gasteiger partial charge in [0, 0.05) is 45.8 Å². The molecule has 3 aliphatic heterocycles. The van der Waals surface area contributed by atoms with Crippen LogP contribution in [0.15, 0.2) is 0 Å². The zero-order valence-corrected chi connectivity index (χ0v) is 15.8. The standard InChI is InChI=1S/C16H30N4O4S/c1-14-15(17-6-13-24-14)16(21)18-9-11-20(12-10-18)25(22,23)19-7-4-2-3-5-8-19/h14-15,17H,2-13H2,1H3/t14-,15+/m1/s1. The van der Waals surface area contributed by atoms with Crippen molar-refractivity contribution < 1.29 is 17.9 Å². The maximum atomic E-state index is 12.8. The maximum absolute atomic E-state index is 12.8. The van der Waals surface area contributed by atoms with Crippen LogP contribution in [0.4, 0.5) is 0 Å². The molecule has 0 saturated carbocycles. The van der Waals surface area contributed by atoms with E-state index in [1.165, 1.54) is 4.31 Å². The third kappa shape index (κ3) is 4.33. The zero-order valence-electron chi connectivity index (χ0n) is 15.0. The molecule has 0 aromatic heterocycles. The first kappa shape index (κ1) is 19.0. The summed E-state index contributed by atoms with van der Waals surface area (Å²) in [5.74, 6) is 0.0130. The van der Waals surface area contributed by atoms with Crippen LogP contribution in [0.5, 0.6) is 0 Å². The lowest BCUT2D eigenvalue weighted by atomic mass is 10.1. The zero-order chi connectivity index (χ0) is 17.9. The number of amides is 1. The van der Waals surface area contributed by atoms with Crippen LogP contribution in [0.3, 0.4) is 0 Å². The van der Waals surface area contributed by atoms with E-state index in [2.05, 4.69) is 5.32 Å². The Morgan fingerprint density at radius 1 is 0.960 bits per heavy atom. The van der Waals surface area contributed by atoms with E-state index >= 15 is 0 Å². The van der Waals surface area contributed by atoms with Gasteiger partial charge in [-0.1, -0.05) is 12.8 Å². The molecule has 3 rings (SSSR count). The Labute approximate surface area is 150 Å². The number of hydrogen-bond donors (Lipinski definition) is 1. The minimum Gasteiger partial charge on any atom is -0.375 e. The highest BCUT2D eigenvalue weighted by Gasteiger charge is 2.37. The third-order valence-corrected chi connectivity index (χ3v) is 7.39. The molecule has 2 atom stereocenters. The number of nitrogens with zero attached hydrogens (tertiary/aromatic N) is 3. The smallest absolute Gasteiger partial charge is 0.282 e. The molecule has 3 aliphatic rings. The Balaban J connectivity index is 1.56. The fraction of sp³-hybridized carbons (Fsp3) is 0.938. The summed E-state index contributed by atoms with van der Waals surface area (Å²) in [7, 11) is -3.40. The van der Waals surface area contributed by atoms with Gasteiger partial charge in [0.05, 0.1) is 12.7 Å². The van der Waals surface area contributed by atoms with E-state index in [1.807, 2.05) is 6.92 Å². The number of piperazine rings is 1. The van der Waals surface area contributed by atoms with Crippen molar-refractivity contribution in [2.24, 2.45) is 0 Å². The van der Waals surface area contributed by atoms with Crippen LogP contribution in [0.1, 0.15) is 32.6 Å². The van der Waals surface area contributed by atoms with Crippen molar-refractivity contribution >= 4 is 16.1 Å². The minimum absolute atomic E-state index is 0.0130. The van der Waals surface area contributed by atoms with Gasteiger partial charge in [-0.3, -0.25) is 4.79 Å². The molecule has 0 unspecified atom stereocenters. The fourth-order valence-corrected chi connectivity index (χ4v) is 5.45. The van der Waals surface area contributed by atoms with Crippen LogP contribution in [0.2, 0.25) is 0 Å². The first-order valence-electron chi connectivity index (χ1n) is 9.39. The summed E-state index contributed by atoms with van der Waals surface area (Å²) in [5, 5.41) is 3.21. The summed E-state index contributed by atoms with van der Waals surface area (Å²) in [5.41, 5.74) is 0. The second-order valence-corrected chi connectivity index (χ2v) is 8.98. The van der Waals surface area contributed by atoms with Gasteiger partial charge in [0.25, 0.3) is 10.2 Å². The molecule has 3 saturated heterocycles. The molecule has 3 heterocycles. The normalized spacial score (nSPS) is 30.8. The lowest BCUT2D eigenvalue weighted by Gasteiger charge is -2.39. The molecule has 8 nitrogen and oxygen atoms in total. The first-order chi connectivity index (χ1) is 12.0. The minimum atomic E-state index is -3.40. The SMILES string of the molecule is C[C@H]1OCCN[C@@H]1C(=O)N1CCN(S(=O)(=O)N2CCCCCC2)CC1. The van der Waals surface area contributed by atoms with Crippen LogP contribution in [0.25, 0.3) is 0 Å². The Morgan fingerprint density at radius 3 is 2.16 bits per heavy atom. The summed E-state index contributed by atoms with van der Waals surface area (Å²) in [6.45, 7) is 6.03. The monoisotopic (exact) mass is 374 g/mol. The molecular formula is C16H30N4O4S. The Hall–Kier alpha value is -0.740. The van der Waals surface area contributed by atoms with Crippen molar-refractivity contribution in [3.63, 3.8) is 0 Å². The van der Waals surface area contributed by atoms with Crippen molar-refractivity contribution in [2.45, 2.75) is 44.8 Å². The fourth-order valence-electron chi connectivity index (χ4n) is 3.78. The molecule has 1 amide bonds. The van der Waals surface area contributed by atoms with Crippen LogP contribution >= 0.6 is 0 Å². The molecule has 0 bridgehead atoms. The Bertz CT molecular complexity index is 554. The second kappa shape index (κ2) is 8.30. The summed E-state index contributed by atoms with van der Waals surface area (Å²) in [6.07, 6.45) is 3.91. The molecule has 0 aromatic carbocycles. The quantitative estimate of drug-likeness (QED) is 0.729. The summed E-state index contributed by atoms with van der Waals surface area (Å²) < 4.78 is 34.4. The Kier molecular flexibility index (Phi) is 6.32. The van der Waals surface area contributed by atoms with Crippen LogP contribution < -0.4 is 5.32 Å². The van der Waals surface area contributed by atoms with E-state index in [1.54, 1.807) is 9.21 Å². The van der Waals surface area contributed by atoms with E-state index in [0.717, 1.165) is 25.7 Å². The van der Waals surface area contributed by atoms with Crippen LogP contribution in [0, 0.1) is 0 Å². The number of carbonyl (C=O) groups excluding carboxylic acids is 1. The maximum Gasteiger partial charge on any atom is 0.282 e. The molecule has 1 N–H and O–H groups in total. The van der Waals surface area contributed by atoms with E-state index in [9.17, 15) is 13.2 Å². The predicted molar refractivity (Wildman–Crippen MR) is 94.3 cm³/mol. The number of rotatable bonds is 3. The number of hydrogen-bond acceptors (Lipinski definition) is 5. The average molecular weight is 375 g/mol. The van der Waals surface area contributed by atoms with Crippen molar-refractivity contribution in [2.75, 3.05) is 52.4 Å². The molecule has 0 aliphatic carbocycles. The lowest BCUT2D eigenvalue weighted by molar-refractivity contribution is -0.140. The largest absolute Gasteiger partial charge is 0.375 e. The van der Waals surface area contributed by atoms with Gasteiger partial charge in [-0.25, -0.2) is 0 Å². The van der Waals surface area contributed by atoms with Gasteiger partial charge in [0.1, 0.15) is 6.04 Å². The highest BCUT2D eigenvalue weighted by Crippen LogP contribution is 2.18. The molecular weight excluding hydrogens is 344 g/mol. The Morgan fingerprint density at radius 2 is 1.56 bits per heavy atom. The molecule has 144 valence electrons. The van der Waals surface area contributed by atoms with E-state index in [-0.39, 0.29) is 18.1 Å². The molecule has 0 spiro atoms. The summed E-state index contributed by atoms with van der Waals surface area (Å²) in [6, 6.07) is -0.331. The topological polar surface area (TPSA) is 82.2 Å². The van der Waals surface area contributed by atoms with E-state index < -0.39 is 10.2 Å². The van der Waals surface area contributed by atoms with Crippen molar-refractivity contribution in [3.05, 3.63) is 0 Å². The molecule has 25 heavy (non-hydrogen) atoms. The van der Waals surface area contributed by atoms with Gasteiger partial charge in [-0.2, -0.15) is 17.0 Å². The van der Waals surface area contributed by atoms with Crippen molar-refractivity contribution in [1.82, 2.24) is 18.8 Å². The molecule has 0 radical (unpaired) electrons. The molecule has 0 aromatic rings. The van der Waals surface area contributed by atoms with Gasteiger partial charge >= 0.3 is 0 Å². The second-order valence-electron chi connectivity index (χ2n) is 7.05. The third-order valence-electron chi connectivity index (χ3n) is 5.35. The number of carbonyl (C=O) groups is 1. The lowest BCUT2D eigenvalue weighted by Crippen LogP contribution is -2.60. The van der Waals surface area contributed by atoms with Crippen molar-refractivity contribution in [1.29, 1.82) is 0 Å². The van der Waals surface area contributed by atoms with E-state index in [0.29, 0.717) is 52.4 Å². The van der Waals surface area contributed by atoms with Gasteiger partial charge in [0.15, 0.2) is 0 Å². The highest BCUT2D eigenvalue weighted by molar-refractivity contribution is 7.86. The predicted octanol–water partition coefficient (Wildman–Crippen LogP) is -0.372. The van der Waals surface area contributed by atoms with Gasteiger partial charge < -0.3 is 15.0 Å². The molecule has 3 fully saturated rings. The first-order valence-corrected chi connectivity index (χ1v) is 10.8. The van der Waals surface area contributed by atoms with Crippen LogP contribution in [-0.2, 0) is 19.7 Å². The van der Waals surface area contributed by atoms with Gasteiger partial charge in [-0.05, 0) is 19.8 Å². The van der Waals surface area contributed by atoms with E-state index in [4.69, 9.17) is 4.74 Å². The number of ether oxygens (including phenoxy) is 1.